The van der Waals surface area contributed by atoms with E-state index >= 15 is 0 Å². The molecule has 2 aromatic heterocycles. The molecule has 1 unspecified atom stereocenters. The molecule has 3 heterocycles. The summed E-state index contributed by atoms with van der Waals surface area (Å²) in [5.41, 5.74) is 8.87. The summed E-state index contributed by atoms with van der Waals surface area (Å²) in [4.78, 5) is 46.4. The molecule has 1 fully saturated rings. The number of urea groups is 1. The first-order valence-electron chi connectivity index (χ1n) is 13.1. The largest absolute Gasteiger partial charge is 0.405 e. The number of halogens is 3. The highest BCUT2D eigenvalue weighted by molar-refractivity contribution is 6.10. The SMILES string of the molecule is CC(N=C/C(=C\N)c1cnn2c(-c3cccc(NC(=O)NCC(F)(F)F)c3)cnc2c1)C(=O)NCCN1CCCC1=O. The van der Waals surface area contributed by atoms with E-state index in [0.717, 1.165) is 6.42 Å². The monoisotopic (exact) mass is 585 g/mol. The van der Waals surface area contributed by atoms with Gasteiger partial charge in [0.1, 0.15) is 12.6 Å². The number of rotatable bonds is 10. The standard InChI is InChI=1S/C27H30F3N9O3/c1-17(25(41)32-7-9-38-8-3-6-24(38)40)33-13-20(12-31)19-11-23-34-15-22(39(23)36-14-19)18-4-2-5-21(10-18)37-26(42)35-16-27(28,29)30/h2,4-5,10-15,17H,3,6-9,16,31H2,1H3,(H,32,41)(H2,35,37,42)/b20-12+,33-13?. The Labute approximate surface area is 238 Å². The first-order valence-corrected chi connectivity index (χ1v) is 13.1. The number of nitrogens with two attached hydrogens (primary N) is 1. The average molecular weight is 586 g/mol. The molecule has 0 spiro atoms. The molecule has 222 valence electrons. The Bertz CT molecular complexity index is 1520. The van der Waals surface area contributed by atoms with E-state index in [1.54, 1.807) is 64.4 Å². The molecule has 1 aromatic carbocycles. The molecule has 5 N–H and O–H groups in total. The number of anilines is 1. The molecule has 3 aromatic rings. The molecule has 4 amide bonds. The fraction of sp³-hybridized carbons (Fsp3) is 0.333. The number of aliphatic imine (C=N–C) groups is 1. The van der Waals surface area contributed by atoms with Crippen molar-refractivity contribution in [1.82, 2.24) is 30.1 Å². The molecule has 0 bridgehead atoms. The van der Waals surface area contributed by atoms with Gasteiger partial charge in [0, 0.05) is 60.9 Å². The number of carbonyl (C=O) groups excluding carboxylic acids is 3. The van der Waals surface area contributed by atoms with E-state index in [9.17, 15) is 27.6 Å². The lowest BCUT2D eigenvalue weighted by atomic mass is 10.1. The van der Waals surface area contributed by atoms with Crippen LogP contribution in [-0.4, -0.2) is 82.0 Å². The number of carbonyl (C=O) groups is 3. The molecule has 1 atom stereocenters. The van der Waals surface area contributed by atoms with Crippen LogP contribution in [0.3, 0.4) is 0 Å². The molecule has 12 nitrogen and oxygen atoms in total. The van der Waals surface area contributed by atoms with Gasteiger partial charge in [-0.15, -0.1) is 0 Å². The molecular formula is C27H30F3N9O3. The van der Waals surface area contributed by atoms with E-state index in [2.05, 4.69) is 25.7 Å². The zero-order chi connectivity index (χ0) is 30.3. The van der Waals surface area contributed by atoms with E-state index < -0.39 is 24.8 Å². The van der Waals surface area contributed by atoms with Crippen molar-refractivity contribution >= 4 is 41.0 Å². The van der Waals surface area contributed by atoms with Gasteiger partial charge < -0.3 is 26.6 Å². The van der Waals surface area contributed by atoms with Crippen molar-refractivity contribution in [2.24, 2.45) is 10.7 Å². The van der Waals surface area contributed by atoms with Gasteiger partial charge in [0.2, 0.25) is 11.8 Å². The van der Waals surface area contributed by atoms with Crippen LogP contribution in [0.1, 0.15) is 25.3 Å². The van der Waals surface area contributed by atoms with Crippen LogP contribution in [0.25, 0.3) is 22.5 Å². The van der Waals surface area contributed by atoms with E-state index in [0.29, 0.717) is 54.1 Å². The van der Waals surface area contributed by atoms with Crippen LogP contribution in [0.4, 0.5) is 23.7 Å². The third kappa shape index (κ3) is 7.83. The molecule has 0 radical (unpaired) electrons. The molecule has 1 saturated heterocycles. The van der Waals surface area contributed by atoms with Gasteiger partial charge in [-0.05, 0) is 31.5 Å². The Balaban J connectivity index is 1.39. The van der Waals surface area contributed by atoms with Crippen molar-refractivity contribution in [3.8, 4) is 11.3 Å². The molecule has 0 aliphatic carbocycles. The van der Waals surface area contributed by atoms with Gasteiger partial charge >= 0.3 is 12.2 Å². The van der Waals surface area contributed by atoms with E-state index in [-0.39, 0.29) is 17.5 Å². The fourth-order valence-corrected chi connectivity index (χ4v) is 4.22. The van der Waals surface area contributed by atoms with Gasteiger partial charge in [-0.2, -0.15) is 18.3 Å². The lowest BCUT2D eigenvalue weighted by Crippen LogP contribution is -2.38. The van der Waals surface area contributed by atoms with Crippen LogP contribution >= 0.6 is 0 Å². The van der Waals surface area contributed by atoms with Crippen molar-refractivity contribution in [3.63, 3.8) is 0 Å². The van der Waals surface area contributed by atoms with Crippen molar-refractivity contribution < 1.29 is 27.6 Å². The Morgan fingerprint density at radius 3 is 2.74 bits per heavy atom. The minimum absolute atomic E-state index is 0.0982. The van der Waals surface area contributed by atoms with Crippen molar-refractivity contribution in [2.75, 3.05) is 31.5 Å². The lowest BCUT2D eigenvalue weighted by Gasteiger charge is -2.16. The number of hydrogen-bond acceptors (Lipinski definition) is 7. The summed E-state index contributed by atoms with van der Waals surface area (Å²) in [6, 6.07) is 6.55. The number of nitrogens with one attached hydrogen (secondary N) is 3. The highest BCUT2D eigenvalue weighted by Crippen LogP contribution is 2.24. The van der Waals surface area contributed by atoms with Crippen molar-refractivity contribution in [3.05, 3.63) is 54.5 Å². The summed E-state index contributed by atoms with van der Waals surface area (Å²) in [5.74, 6) is -0.184. The summed E-state index contributed by atoms with van der Waals surface area (Å²) in [7, 11) is 0. The first-order chi connectivity index (χ1) is 20.0. The number of nitrogens with zero attached hydrogens (tertiary/aromatic N) is 5. The third-order valence-electron chi connectivity index (χ3n) is 6.41. The van der Waals surface area contributed by atoms with Gasteiger partial charge in [-0.1, -0.05) is 12.1 Å². The Kier molecular flexibility index (Phi) is 9.39. The zero-order valence-corrected chi connectivity index (χ0v) is 22.7. The minimum atomic E-state index is -4.52. The van der Waals surface area contributed by atoms with Crippen LogP contribution in [0.2, 0.25) is 0 Å². The summed E-state index contributed by atoms with van der Waals surface area (Å²) in [6.45, 7) is 1.71. The zero-order valence-electron chi connectivity index (χ0n) is 22.7. The van der Waals surface area contributed by atoms with Gasteiger partial charge in [-0.3, -0.25) is 14.6 Å². The Morgan fingerprint density at radius 1 is 1.21 bits per heavy atom. The first kappa shape index (κ1) is 30.0. The predicted molar refractivity (Wildman–Crippen MR) is 150 cm³/mol. The average Bonchev–Trinajstić information content (AvgIpc) is 3.57. The smallest absolute Gasteiger partial charge is 0.404 e. The lowest BCUT2D eigenvalue weighted by molar-refractivity contribution is -0.128. The second-order valence-electron chi connectivity index (χ2n) is 9.51. The number of imidazole rings is 1. The fourth-order valence-electron chi connectivity index (χ4n) is 4.22. The molecule has 0 saturated carbocycles. The van der Waals surface area contributed by atoms with Gasteiger partial charge in [-0.25, -0.2) is 14.3 Å². The minimum Gasteiger partial charge on any atom is -0.404 e. The van der Waals surface area contributed by atoms with Gasteiger partial charge in [0.25, 0.3) is 0 Å². The molecule has 1 aliphatic rings. The van der Waals surface area contributed by atoms with E-state index in [1.165, 1.54) is 12.4 Å². The van der Waals surface area contributed by atoms with E-state index in [1.807, 2.05) is 0 Å². The second-order valence-corrected chi connectivity index (χ2v) is 9.51. The number of allylic oxidation sites excluding steroid dienone is 1. The van der Waals surface area contributed by atoms with Crippen molar-refractivity contribution in [1.29, 1.82) is 0 Å². The van der Waals surface area contributed by atoms with Crippen LogP contribution in [0, 0.1) is 0 Å². The molecular weight excluding hydrogens is 555 g/mol. The highest BCUT2D eigenvalue weighted by Gasteiger charge is 2.27. The van der Waals surface area contributed by atoms with Crippen molar-refractivity contribution in [2.45, 2.75) is 32.0 Å². The van der Waals surface area contributed by atoms with Crippen LogP contribution in [0.5, 0.6) is 0 Å². The maximum atomic E-state index is 12.4. The van der Waals surface area contributed by atoms with E-state index in [4.69, 9.17) is 5.73 Å². The van der Waals surface area contributed by atoms with Crippen LogP contribution < -0.4 is 21.7 Å². The number of likely N-dealkylation sites (tertiary alicyclic amines) is 1. The quantitative estimate of drug-likeness (QED) is 0.268. The molecule has 4 rings (SSSR count). The number of amides is 4. The Morgan fingerprint density at radius 2 is 2.02 bits per heavy atom. The number of fused-ring (bicyclic) bond motifs is 1. The number of aromatic nitrogens is 3. The normalized spacial score (nSPS) is 14.9. The van der Waals surface area contributed by atoms with Gasteiger partial charge in [0.05, 0.1) is 18.1 Å². The summed E-state index contributed by atoms with van der Waals surface area (Å²) in [6.07, 6.45) is 2.79. The number of hydrogen-bond donors (Lipinski definition) is 4. The summed E-state index contributed by atoms with van der Waals surface area (Å²) < 4.78 is 38.6. The molecule has 42 heavy (non-hydrogen) atoms. The molecule has 1 aliphatic heterocycles. The Hall–Kier alpha value is -4.95. The number of benzene rings is 1. The summed E-state index contributed by atoms with van der Waals surface area (Å²) in [5, 5.41) is 11.4. The number of alkyl halides is 3. The predicted octanol–water partition coefficient (Wildman–Crippen LogP) is 2.58. The molecule has 15 heteroatoms. The highest BCUT2D eigenvalue weighted by atomic mass is 19.4. The van der Waals surface area contributed by atoms with Crippen LogP contribution in [0.15, 0.2) is 53.9 Å². The second kappa shape index (κ2) is 13.1. The maximum Gasteiger partial charge on any atom is 0.405 e. The van der Waals surface area contributed by atoms with Gasteiger partial charge in [0.15, 0.2) is 5.65 Å². The van der Waals surface area contributed by atoms with Crippen LogP contribution in [-0.2, 0) is 9.59 Å². The maximum absolute atomic E-state index is 12.4. The summed E-state index contributed by atoms with van der Waals surface area (Å²) >= 11 is 0. The topological polar surface area (TPSA) is 159 Å². The third-order valence-corrected chi connectivity index (χ3v) is 6.41.